The average molecular weight is 281 g/mol. The van der Waals surface area contributed by atoms with Crippen LogP contribution in [0, 0.1) is 0 Å². The van der Waals surface area contributed by atoms with Crippen molar-refractivity contribution in [1.82, 2.24) is 15.6 Å². The highest BCUT2D eigenvalue weighted by Gasteiger charge is 2.01. The maximum Gasteiger partial charge on any atom is 0.223 e. The van der Waals surface area contributed by atoms with E-state index in [0.717, 1.165) is 12.2 Å². The summed E-state index contributed by atoms with van der Waals surface area (Å²) in [4.78, 5) is 15.5. The molecule has 1 aromatic rings. The summed E-state index contributed by atoms with van der Waals surface area (Å²) in [7, 11) is 1.67. The molecule has 1 rings (SSSR count). The predicted molar refractivity (Wildman–Crippen MR) is 76.6 cm³/mol. The van der Waals surface area contributed by atoms with Gasteiger partial charge in [-0.1, -0.05) is 0 Å². The smallest absolute Gasteiger partial charge is 0.223 e. The molecule has 1 amide bonds. The Morgan fingerprint density at radius 2 is 2.20 bits per heavy atom. The summed E-state index contributed by atoms with van der Waals surface area (Å²) >= 11 is 0. The largest absolute Gasteiger partial charge is 0.491 e. The number of methoxy groups -OCH3 is 1. The fourth-order valence-electron chi connectivity index (χ4n) is 1.54. The predicted octanol–water partition coefficient (Wildman–Crippen LogP) is 0.723. The number of carbonyl (C=O) groups is 1. The summed E-state index contributed by atoms with van der Waals surface area (Å²) < 4.78 is 10.4. The summed E-state index contributed by atoms with van der Waals surface area (Å²) in [5.74, 6) is 0.675. The number of rotatable bonds is 10. The normalized spacial score (nSPS) is 10.3. The van der Waals surface area contributed by atoms with Gasteiger partial charge in [-0.05, 0) is 19.1 Å². The Morgan fingerprint density at radius 3 is 2.85 bits per heavy atom. The first kappa shape index (κ1) is 16.4. The van der Waals surface area contributed by atoms with Crippen molar-refractivity contribution in [3.05, 3.63) is 24.0 Å². The van der Waals surface area contributed by atoms with Gasteiger partial charge in [-0.3, -0.25) is 9.78 Å². The molecular weight excluding hydrogens is 258 g/mol. The molecule has 0 atom stereocenters. The van der Waals surface area contributed by atoms with Gasteiger partial charge in [0.2, 0.25) is 5.91 Å². The Kier molecular flexibility index (Phi) is 8.33. The van der Waals surface area contributed by atoms with Crippen molar-refractivity contribution < 1.29 is 14.3 Å². The Balaban J connectivity index is 2.23. The van der Waals surface area contributed by atoms with Crippen molar-refractivity contribution in [2.45, 2.75) is 19.9 Å². The van der Waals surface area contributed by atoms with E-state index in [1.165, 1.54) is 0 Å². The number of ether oxygens (including phenoxy) is 2. The molecule has 0 spiro atoms. The molecular formula is C14H23N3O3. The summed E-state index contributed by atoms with van der Waals surface area (Å²) in [6.45, 7) is 5.07. The minimum atomic E-state index is -0.000535. The van der Waals surface area contributed by atoms with Crippen molar-refractivity contribution in [2.75, 3.05) is 33.4 Å². The molecule has 6 heteroatoms. The lowest BCUT2D eigenvalue weighted by Crippen LogP contribution is -2.24. The van der Waals surface area contributed by atoms with E-state index in [9.17, 15) is 4.79 Å². The van der Waals surface area contributed by atoms with Gasteiger partial charge in [-0.15, -0.1) is 0 Å². The third kappa shape index (κ3) is 7.06. The lowest BCUT2D eigenvalue weighted by atomic mass is 10.3. The van der Waals surface area contributed by atoms with Crippen LogP contribution in [0.2, 0.25) is 0 Å². The van der Waals surface area contributed by atoms with Crippen LogP contribution in [0.25, 0.3) is 0 Å². The molecule has 0 bridgehead atoms. The van der Waals surface area contributed by atoms with Crippen molar-refractivity contribution in [2.24, 2.45) is 0 Å². The molecule has 0 saturated heterocycles. The van der Waals surface area contributed by atoms with Crippen molar-refractivity contribution in [1.29, 1.82) is 0 Å². The van der Waals surface area contributed by atoms with Gasteiger partial charge in [0.05, 0.1) is 31.5 Å². The van der Waals surface area contributed by atoms with Crippen LogP contribution in [0.5, 0.6) is 5.75 Å². The van der Waals surface area contributed by atoms with Crippen molar-refractivity contribution in [3.8, 4) is 5.75 Å². The minimum Gasteiger partial charge on any atom is -0.491 e. The molecule has 0 aliphatic carbocycles. The number of hydrogen-bond donors (Lipinski definition) is 2. The third-order valence-corrected chi connectivity index (χ3v) is 2.56. The average Bonchev–Trinajstić information content (AvgIpc) is 2.45. The van der Waals surface area contributed by atoms with Crippen LogP contribution in [-0.4, -0.2) is 44.3 Å². The zero-order chi connectivity index (χ0) is 14.6. The van der Waals surface area contributed by atoms with Gasteiger partial charge < -0.3 is 20.1 Å². The molecule has 1 aromatic heterocycles. The molecule has 112 valence electrons. The Morgan fingerprint density at radius 1 is 1.35 bits per heavy atom. The highest BCUT2D eigenvalue weighted by atomic mass is 16.5. The van der Waals surface area contributed by atoms with Crippen LogP contribution in [0.1, 0.15) is 19.0 Å². The van der Waals surface area contributed by atoms with Crippen LogP contribution in [0.3, 0.4) is 0 Å². The molecule has 0 aliphatic rings. The van der Waals surface area contributed by atoms with Crippen molar-refractivity contribution in [3.63, 3.8) is 0 Å². The topological polar surface area (TPSA) is 72.5 Å². The zero-order valence-electron chi connectivity index (χ0n) is 12.1. The molecule has 0 aliphatic heterocycles. The van der Waals surface area contributed by atoms with E-state index >= 15 is 0 Å². The maximum absolute atomic E-state index is 11.2. The van der Waals surface area contributed by atoms with Gasteiger partial charge in [0.25, 0.3) is 0 Å². The molecule has 0 aromatic carbocycles. The van der Waals surface area contributed by atoms with Crippen LogP contribution in [-0.2, 0) is 16.1 Å². The summed E-state index contributed by atoms with van der Waals surface area (Å²) in [5.41, 5.74) is 0.942. The standard InChI is InChI=1S/C14H23N3O3/c1-3-16-14(18)6-8-20-13-5-4-12(17-11-13)10-15-7-9-19-2/h4-5,11,15H,3,6-10H2,1-2H3,(H,16,18). The Hall–Kier alpha value is -1.66. The summed E-state index contributed by atoms with van der Waals surface area (Å²) in [6, 6.07) is 3.76. The SMILES string of the molecule is CCNC(=O)CCOc1ccc(CNCCOC)nc1. The molecule has 0 fully saturated rings. The number of carbonyl (C=O) groups excluding carboxylic acids is 1. The van der Waals surface area contributed by atoms with Crippen LogP contribution < -0.4 is 15.4 Å². The maximum atomic E-state index is 11.2. The van der Waals surface area contributed by atoms with Gasteiger partial charge in [0, 0.05) is 26.7 Å². The zero-order valence-corrected chi connectivity index (χ0v) is 12.1. The first-order valence-corrected chi connectivity index (χ1v) is 6.80. The van der Waals surface area contributed by atoms with Gasteiger partial charge in [0.15, 0.2) is 0 Å². The number of nitrogens with zero attached hydrogens (tertiary/aromatic N) is 1. The quantitative estimate of drug-likeness (QED) is 0.618. The minimum absolute atomic E-state index is 0.000535. The van der Waals surface area contributed by atoms with Crippen LogP contribution >= 0.6 is 0 Å². The highest BCUT2D eigenvalue weighted by Crippen LogP contribution is 2.09. The van der Waals surface area contributed by atoms with Gasteiger partial charge in [0.1, 0.15) is 5.75 Å². The second kappa shape index (κ2) is 10.2. The number of pyridine rings is 1. The van der Waals surface area contributed by atoms with Gasteiger partial charge in [-0.2, -0.15) is 0 Å². The van der Waals surface area contributed by atoms with E-state index in [4.69, 9.17) is 9.47 Å². The third-order valence-electron chi connectivity index (χ3n) is 2.56. The molecule has 0 unspecified atom stereocenters. The Labute approximate surface area is 119 Å². The first-order valence-electron chi connectivity index (χ1n) is 6.80. The van der Waals surface area contributed by atoms with E-state index in [0.29, 0.717) is 38.5 Å². The number of hydrogen-bond acceptors (Lipinski definition) is 5. The molecule has 6 nitrogen and oxygen atoms in total. The second-order valence-corrected chi connectivity index (χ2v) is 4.21. The molecule has 0 radical (unpaired) electrons. The summed E-state index contributed by atoms with van der Waals surface area (Å²) in [5, 5.41) is 5.93. The van der Waals surface area contributed by atoms with Gasteiger partial charge in [-0.25, -0.2) is 0 Å². The van der Waals surface area contributed by atoms with E-state index in [1.807, 2.05) is 19.1 Å². The fraction of sp³-hybridized carbons (Fsp3) is 0.571. The van der Waals surface area contributed by atoms with Crippen LogP contribution in [0.15, 0.2) is 18.3 Å². The van der Waals surface area contributed by atoms with E-state index < -0.39 is 0 Å². The van der Waals surface area contributed by atoms with E-state index in [2.05, 4.69) is 15.6 Å². The number of aromatic nitrogens is 1. The number of amides is 1. The number of nitrogens with one attached hydrogen (secondary N) is 2. The lowest BCUT2D eigenvalue weighted by Gasteiger charge is -2.07. The molecule has 0 saturated carbocycles. The highest BCUT2D eigenvalue weighted by molar-refractivity contribution is 5.75. The van der Waals surface area contributed by atoms with Crippen molar-refractivity contribution >= 4 is 5.91 Å². The fourth-order valence-corrected chi connectivity index (χ4v) is 1.54. The summed E-state index contributed by atoms with van der Waals surface area (Å²) in [6.07, 6.45) is 2.03. The van der Waals surface area contributed by atoms with E-state index in [-0.39, 0.29) is 5.91 Å². The monoisotopic (exact) mass is 281 g/mol. The Bertz CT molecular complexity index is 382. The second-order valence-electron chi connectivity index (χ2n) is 4.21. The lowest BCUT2D eigenvalue weighted by molar-refractivity contribution is -0.121. The van der Waals surface area contributed by atoms with Gasteiger partial charge >= 0.3 is 0 Å². The van der Waals surface area contributed by atoms with Crippen LogP contribution in [0.4, 0.5) is 0 Å². The van der Waals surface area contributed by atoms with E-state index in [1.54, 1.807) is 13.3 Å². The molecule has 1 heterocycles. The first-order chi connectivity index (χ1) is 9.76. The molecule has 20 heavy (non-hydrogen) atoms. The molecule has 2 N–H and O–H groups in total.